The molecule has 1 heterocycles. The number of amides is 2. The fraction of sp³-hybridized carbons (Fsp3) is 0.300. The SMILES string of the molecule is COc1ccccc1CCC(=O)NCCC1Oc2ccccc2NC1=O. The van der Waals surface area contributed by atoms with Gasteiger partial charge in [-0.05, 0) is 30.2 Å². The van der Waals surface area contributed by atoms with Gasteiger partial charge in [0.05, 0.1) is 12.8 Å². The van der Waals surface area contributed by atoms with Crippen LogP contribution in [-0.2, 0) is 16.0 Å². The van der Waals surface area contributed by atoms with Crippen molar-refractivity contribution in [3.8, 4) is 11.5 Å². The van der Waals surface area contributed by atoms with Gasteiger partial charge in [0.15, 0.2) is 6.10 Å². The molecule has 136 valence electrons. The zero-order valence-corrected chi connectivity index (χ0v) is 14.7. The molecule has 0 fully saturated rings. The van der Waals surface area contributed by atoms with E-state index in [0.717, 1.165) is 11.3 Å². The van der Waals surface area contributed by atoms with Crippen LogP contribution in [0.25, 0.3) is 0 Å². The topological polar surface area (TPSA) is 76.7 Å². The summed E-state index contributed by atoms with van der Waals surface area (Å²) in [6, 6.07) is 14.9. The van der Waals surface area contributed by atoms with E-state index in [2.05, 4.69) is 10.6 Å². The first-order valence-electron chi connectivity index (χ1n) is 8.62. The average molecular weight is 354 g/mol. The first kappa shape index (κ1) is 17.8. The van der Waals surface area contributed by atoms with Gasteiger partial charge in [0.25, 0.3) is 5.91 Å². The van der Waals surface area contributed by atoms with Crippen molar-refractivity contribution >= 4 is 17.5 Å². The van der Waals surface area contributed by atoms with E-state index >= 15 is 0 Å². The number of fused-ring (bicyclic) bond motifs is 1. The minimum absolute atomic E-state index is 0.0625. The van der Waals surface area contributed by atoms with Crippen molar-refractivity contribution in [2.75, 3.05) is 19.0 Å². The first-order chi connectivity index (χ1) is 12.7. The van der Waals surface area contributed by atoms with Gasteiger partial charge in [0.1, 0.15) is 11.5 Å². The van der Waals surface area contributed by atoms with Gasteiger partial charge in [-0.3, -0.25) is 9.59 Å². The molecule has 2 aromatic carbocycles. The molecule has 26 heavy (non-hydrogen) atoms. The third-order valence-electron chi connectivity index (χ3n) is 4.25. The van der Waals surface area contributed by atoms with E-state index in [1.165, 1.54) is 0 Å². The molecule has 0 spiro atoms. The number of anilines is 1. The second-order valence-electron chi connectivity index (χ2n) is 6.04. The molecular formula is C20H22N2O4. The third-order valence-corrected chi connectivity index (χ3v) is 4.25. The highest BCUT2D eigenvalue weighted by molar-refractivity contribution is 5.97. The number of para-hydroxylation sites is 3. The zero-order valence-electron chi connectivity index (χ0n) is 14.7. The Labute approximate surface area is 152 Å². The average Bonchev–Trinajstić information content (AvgIpc) is 2.67. The Bertz CT molecular complexity index is 791. The molecule has 0 bridgehead atoms. The predicted molar refractivity (Wildman–Crippen MR) is 98.4 cm³/mol. The summed E-state index contributed by atoms with van der Waals surface area (Å²) in [6.45, 7) is 0.380. The molecule has 2 amide bonds. The smallest absolute Gasteiger partial charge is 0.265 e. The van der Waals surface area contributed by atoms with Crippen molar-refractivity contribution in [2.24, 2.45) is 0 Å². The minimum atomic E-state index is -0.598. The number of nitrogens with one attached hydrogen (secondary N) is 2. The van der Waals surface area contributed by atoms with Gasteiger partial charge in [-0.15, -0.1) is 0 Å². The van der Waals surface area contributed by atoms with Gasteiger partial charge >= 0.3 is 0 Å². The van der Waals surface area contributed by atoms with E-state index in [0.29, 0.717) is 37.2 Å². The summed E-state index contributed by atoms with van der Waals surface area (Å²) in [7, 11) is 1.62. The molecule has 1 aliphatic rings. The van der Waals surface area contributed by atoms with Crippen molar-refractivity contribution < 1.29 is 19.1 Å². The molecule has 0 aromatic heterocycles. The number of carbonyl (C=O) groups is 2. The van der Waals surface area contributed by atoms with Crippen LogP contribution in [0, 0.1) is 0 Å². The monoisotopic (exact) mass is 354 g/mol. The van der Waals surface area contributed by atoms with E-state index in [-0.39, 0.29) is 11.8 Å². The number of hydrogen-bond acceptors (Lipinski definition) is 4. The molecule has 0 saturated heterocycles. The Balaban J connectivity index is 1.43. The number of rotatable bonds is 7. The number of carbonyl (C=O) groups excluding carboxylic acids is 2. The number of benzene rings is 2. The molecule has 0 aliphatic carbocycles. The zero-order chi connectivity index (χ0) is 18.4. The van der Waals surface area contributed by atoms with E-state index in [1.54, 1.807) is 13.2 Å². The number of methoxy groups -OCH3 is 1. The largest absolute Gasteiger partial charge is 0.496 e. The Kier molecular flexibility index (Phi) is 5.73. The van der Waals surface area contributed by atoms with Crippen molar-refractivity contribution in [3.63, 3.8) is 0 Å². The molecule has 6 heteroatoms. The Morgan fingerprint density at radius 1 is 1.19 bits per heavy atom. The van der Waals surface area contributed by atoms with Gasteiger partial charge in [-0.25, -0.2) is 0 Å². The van der Waals surface area contributed by atoms with Crippen LogP contribution < -0.4 is 20.1 Å². The van der Waals surface area contributed by atoms with Crippen LogP contribution >= 0.6 is 0 Å². The normalized spacial score (nSPS) is 15.4. The van der Waals surface area contributed by atoms with Crippen LogP contribution in [0.3, 0.4) is 0 Å². The molecule has 2 aromatic rings. The minimum Gasteiger partial charge on any atom is -0.496 e. The summed E-state index contributed by atoms with van der Waals surface area (Å²) in [5.41, 5.74) is 1.67. The highest BCUT2D eigenvalue weighted by Gasteiger charge is 2.26. The summed E-state index contributed by atoms with van der Waals surface area (Å²) >= 11 is 0. The molecule has 1 aliphatic heterocycles. The Morgan fingerprint density at radius 3 is 2.81 bits per heavy atom. The number of ether oxygens (including phenoxy) is 2. The molecule has 6 nitrogen and oxygen atoms in total. The van der Waals surface area contributed by atoms with Crippen LogP contribution in [-0.4, -0.2) is 31.6 Å². The summed E-state index contributed by atoms with van der Waals surface area (Å²) in [4.78, 5) is 24.1. The third kappa shape index (κ3) is 4.33. The van der Waals surface area contributed by atoms with E-state index in [4.69, 9.17) is 9.47 Å². The standard InChI is InChI=1S/C20H22N2O4/c1-25-16-8-4-2-6-14(16)10-11-19(23)21-13-12-18-20(24)22-15-7-3-5-9-17(15)26-18/h2-9,18H,10-13H2,1H3,(H,21,23)(H,22,24). The maximum atomic E-state index is 12.1. The van der Waals surface area contributed by atoms with Crippen molar-refractivity contribution in [1.82, 2.24) is 5.32 Å². The van der Waals surface area contributed by atoms with Gasteiger partial charge in [0.2, 0.25) is 5.91 Å². The van der Waals surface area contributed by atoms with Crippen LogP contribution in [0.15, 0.2) is 48.5 Å². The fourth-order valence-corrected chi connectivity index (χ4v) is 2.87. The summed E-state index contributed by atoms with van der Waals surface area (Å²) in [6.07, 6.45) is 0.782. The summed E-state index contributed by atoms with van der Waals surface area (Å²) in [5.74, 6) is 1.19. The van der Waals surface area contributed by atoms with Crippen molar-refractivity contribution in [2.45, 2.75) is 25.4 Å². The highest BCUT2D eigenvalue weighted by Crippen LogP contribution is 2.29. The predicted octanol–water partition coefficient (Wildman–Crippen LogP) is 2.53. The molecule has 0 saturated carbocycles. The molecule has 0 radical (unpaired) electrons. The lowest BCUT2D eigenvalue weighted by molar-refractivity contribution is -0.125. The number of hydrogen-bond donors (Lipinski definition) is 2. The van der Waals surface area contributed by atoms with Gasteiger partial charge in [0, 0.05) is 19.4 Å². The van der Waals surface area contributed by atoms with Crippen molar-refractivity contribution in [1.29, 1.82) is 0 Å². The van der Waals surface area contributed by atoms with E-state index in [9.17, 15) is 9.59 Å². The second kappa shape index (κ2) is 8.38. The quantitative estimate of drug-likeness (QED) is 0.801. The Morgan fingerprint density at radius 2 is 1.96 bits per heavy atom. The maximum absolute atomic E-state index is 12.1. The molecule has 1 unspecified atom stereocenters. The number of aryl methyl sites for hydroxylation is 1. The lowest BCUT2D eigenvalue weighted by Crippen LogP contribution is -2.39. The molecule has 1 atom stereocenters. The second-order valence-corrected chi connectivity index (χ2v) is 6.04. The molecular weight excluding hydrogens is 332 g/mol. The van der Waals surface area contributed by atoms with Crippen LogP contribution in [0.1, 0.15) is 18.4 Å². The van der Waals surface area contributed by atoms with Crippen LogP contribution in [0.4, 0.5) is 5.69 Å². The van der Waals surface area contributed by atoms with Crippen LogP contribution in [0.2, 0.25) is 0 Å². The Hall–Kier alpha value is -3.02. The summed E-state index contributed by atoms with van der Waals surface area (Å²) in [5, 5.41) is 5.66. The van der Waals surface area contributed by atoms with Gasteiger partial charge in [-0.2, -0.15) is 0 Å². The maximum Gasteiger partial charge on any atom is 0.265 e. The van der Waals surface area contributed by atoms with E-state index in [1.807, 2.05) is 42.5 Å². The molecule has 2 N–H and O–H groups in total. The van der Waals surface area contributed by atoms with Crippen molar-refractivity contribution in [3.05, 3.63) is 54.1 Å². The molecule has 3 rings (SSSR count). The van der Waals surface area contributed by atoms with Crippen LogP contribution in [0.5, 0.6) is 11.5 Å². The lowest BCUT2D eigenvalue weighted by atomic mass is 10.1. The van der Waals surface area contributed by atoms with E-state index < -0.39 is 6.10 Å². The first-order valence-corrected chi connectivity index (χ1v) is 8.62. The summed E-state index contributed by atoms with van der Waals surface area (Å²) < 4.78 is 11.0. The van der Waals surface area contributed by atoms with Gasteiger partial charge < -0.3 is 20.1 Å². The van der Waals surface area contributed by atoms with Gasteiger partial charge in [-0.1, -0.05) is 30.3 Å². The lowest BCUT2D eigenvalue weighted by Gasteiger charge is -2.25. The highest BCUT2D eigenvalue weighted by atomic mass is 16.5. The fourth-order valence-electron chi connectivity index (χ4n) is 2.87.